The number of carbonyl (C=O) groups excluding carboxylic acids is 1. The van der Waals surface area contributed by atoms with Gasteiger partial charge in [-0.3, -0.25) is 9.20 Å². The average Bonchev–Trinajstić information content (AvgIpc) is 3.10. The molecule has 3 aromatic rings. The van der Waals surface area contributed by atoms with E-state index in [4.69, 9.17) is 0 Å². The summed E-state index contributed by atoms with van der Waals surface area (Å²) in [5.74, 6) is 0.146. The molecule has 144 valence electrons. The maximum absolute atomic E-state index is 13.7. The third kappa shape index (κ3) is 3.42. The predicted octanol–water partition coefficient (Wildman–Crippen LogP) is 2.07. The Bertz CT molecular complexity index is 1060. The van der Waals surface area contributed by atoms with Gasteiger partial charge in [0.05, 0.1) is 0 Å². The van der Waals surface area contributed by atoms with Crippen LogP contribution in [0.5, 0.6) is 0 Å². The predicted molar refractivity (Wildman–Crippen MR) is 99.7 cm³/mol. The van der Waals surface area contributed by atoms with E-state index in [-0.39, 0.29) is 11.5 Å². The van der Waals surface area contributed by atoms with Crippen LogP contribution in [0.4, 0.5) is 14.6 Å². The highest BCUT2D eigenvalue weighted by molar-refractivity contribution is 5.92. The van der Waals surface area contributed by atoms with Crippen molar-refractivity contribution in [2.45, 2.75) is 6.92 Å². The van der Waals surface area contributed by atoms with Gasteiger partial charge in [-0.25, -0.2) is 13.8 Å². The number of anilines is 1. The van der Waals surface area contributed by atoms with E-state index < -0.39 is 11.6 Å². The number of amides is 1. The van der Waals surface area contributed by atoms with Gasteiger partial charge in [0.25, 0.3) is 0 Å². The second kappa shape index (κ2) is 7.34. The Hall–Kier alpha value is -3.36. The fourth-order valence-electron chi connectivity index (χ4n) is 3.20. The van der Waals surface area contributed by atoms with Gasteiger partial charge in [0.1, 0.15) is 17.5 Å². The fraction of sp³-hybridized carbons (Fsp3) is 0.263. The van der Waals surface area contributed by atoms with Crippen molar-refractivity contribution in [3.05, 3.63) is 59.7 Å². The first-order chi connectivity index (χ1) is 13.5. The quantitative estimate of drug-likeness (QED) is 0.647. The van der Waals surface area contributed by atoms with Gasteiger partial charge in [-0.05, 0) is 31.2 Å². The van der Waals surface area contributed by atoms with Crippen LogP contribution in [-0.4, -0.2) is 56.6 Å². The molecule has 1 aliphatic rings. The second-order valence-corrected chi connectivity index (χ2v) is 6.50. The summed E-state index contributed by atoms with van der Waals surface area (Å²) in [5.41, 5.74) is 0.728. The SMILES string of the molecule is Cc1nnc2c(N3CCN(C(=O)C=Cc4cc(F)ccc4F)CC3)nccn12. The van der Waals surface area contributed by atoms with Crippen LogP contribution >= 0.6 is 0 Å². The molecule has 1 fully saturated rings. The van der Waals surface area contributed by atoms with E-state index in [2.05, 4.69) is 20.1 Å². The molecule has 28 heavy (non-hydrogen) atoms. The number of fused-ring (bicyclic) bond motifs is 1. The number of rotatable bonds is 3. The van der Waals surface area contributed by atoms with E-state index in [1.165, 1.54) is 12.2 Å². The van der Waals surface area contributed by atoms with Crippen molar-refractivity contribution in [2.75, 3.05) is 31.1 Å². The van der Waals surface area contributed by atoms with Gasteiger partial charge in [-0.1, -0.05) is 0 Å². The summed E-state index contributed by atoms with van der Waals surface area (Å²) in [6.45, 7) is 4.03. The monoisotopic (exact) mass is 384 g/mol. The molecule has 4 rings (SSSR count). The first kappa shape index (κ1) is 18.0. The Balaban J connectivity index is 1.43. The lowest BCUT2D eigenvalue weighted by molar-refractivity contribution is -0.126. The molecule has 0 saturated carbocycles. The molecule has 0 bridgehead atoms. The zero-order valence-corrected chi connectivity index (χ0v) is 15.2. The Morgan fingerprint density at radius 3 is 2.71 bits per heavy atom. The molecule has 0 radical (unpaired) electrons. The van der Waals surface area contributed by atoms with Crippen LogP contribution in [-0.2, 0) is 4.79 Å². The normalized spacial score (nSPS) is 15.0. The Morgan fingerprint density at radius 2 is 1.93 bits per heavy atom. The Labute approximate surface area is 159 Å². The molecule has 1 saturated heterocycles. The number of hydrogen-bond donors (Lipinski definition) is 0. The van der Waals surface area contributed by atoms with Gasteiger partial charge < -0.3 is 9.80 Å². The highest BCUT2D eigenvalue weighted by atomic mass is 19.1. The number of benzene rings is 1. The van der Waals surface area contributed by atoms with Crippen molar-refractivity contribution in [3.8, 4) is 0 Å². The summed E-state index contributed by atoms with van der Waals surface area (Å²) >= 11 is 0. The lowest BCUT2D eigenvalue weighted by Gasteiger charge is -2.34. The van der Waals surface area contributed by atoms with E-state index in [9.17, 15) is 13.6 Å². The average molecular weight is 384 g/mol. The van der Waals surface area contributed by atoms with Crippen molar-refractivity contribution in [1.82, 2.24) is 24.5 Å². The molecule has 0 unspecified atom stereocenters. The molecular formula is C19H18F2N6O. The summed E-state index contributed by atoms with van der Waals surface area (Å²) in [5, 5.41) is 8.25. The molecule has 1 amide bonds. The summed E-state index contributed by atoms with van der Waals surface area (Å²) in [6, 6.07) is 3.14. The standard InChI is InChI=1S/C19H18F2N6O/c1-13-23-24-19-18(22-6-7-27(13)19)26-10-8-25(9-11-26)17(28)5-2-14-12-15(20)3-4-16(14)21/h2-7,12H,8-11H2,1H3. The third-order valence-electron chi connectivity index (χ3n) is 4.73. The van der Waals surface area contributed by atoms with Crippen molar-refractivity contribution in [2.24, 2.45) is 0 Å². The van der Waals surface area contributed by atoms with Crippen LogP contribution in [0.3, 0.4) is 0 Å². The zero-order valence-electron chi connectivity index (χ0n) is 15.2. The van der Waals surface area contributed by atoms with Crippen molar-refractivity contribution in [3.63, 3.8) is 0 Å². The zero-order chi connectivity index (χ0) is 19.7. The minimum absolute atomic E-state index is 0.0463. The molecular weight excluding hydrogens is 366 g/mol. The molecule has 0 atom stereocenters. The van der Waals surface area contributed by atoms with Gasteiger partial charge in [-0.2, -0.15) is 0 Å². The van der Waals surface area contributed by atoms with Crippen LogP contribution in [0.15, 0.2) is 36.7 Å². The second-order valence-electron chi connectivity index (χ2n) is 6.50. The summed E-state index contributed by atoms with van der Waals surface area (Å²) in [7, 11) is 0. The van der Waals surface area contributed by atoms with Gasteiger partial charge in [0.2, 0.25) is 11.6 Å². The minimum atomic E-state index is -0.571. The lowest BCUT2D eigenvalue weighted by Crippen LogP contribution is -2.48. The molecule has 3 heterocycles. The molecule has 0 N–H and O–H groups in total. The molecule has 9 heteroatoms. The third-order valence-corrected chi connectivity index (χ3v) is 4.73. The van der Waals surface area contributed by atoms with Gasteiger partial charge in [-0.15, -0.1) is 10.2 Å². The number of halogens is 2. The van der Waals surface area contributed by atoms with E-state index >= 15 is 0 Å². The van der Waals surface area contributed by atoms with Crippen molar-refractivity contribution in [1.29, 1.82) is 0 Å². The summed E-state index contributed by atoms with van der Waals surface area (Å²) in [6.07, 6.45) is 6.08. The highest BCUT2D eigenvalue weighted by Crippen LogP contribution is 2.19. The topological polar surface area (TPSA) is 66.6 Å². The fourth-order valence-corrected chi connectivity index (χ4v) is 3.20. The lowest BCUT2D eigenvalue weighted by atomic mass is 10.2. The van der Waals surface area contributed by atoms with Crippen LogP contribution < -0.4 is 4.90 Å². The molecule has 1 aromatic carbocycles. The van der Waals surface area contributed by atoms with Crippen LogP contribution in [0, 0.1) is 18.6 Å². The summed E-state index contributed by atoms with van der Waals surface area (Å²) < 4.78 is 28.8. The van der Waals surface area contributed by atoms with E-state index in [1.807, 2.05) is 17.5 Å². The molecule has 7 nitrogen and oxygen atoms in total. The maximum atomic E-state index is 13.7. The number of aromatic nitrogens is 4. The van der Waals surface area contributed by atoms with Crippen LogP contribution in [0.25, 0.3) is 11.7 Å². The van der Waals surface area contributed by atoms with Gasteiger partial charge >= 0.3 is 0 Å². The number of piperazine rings is 1. The van der Waals surface area contributed by atoms with E-state index in [0.29, 0.717) is 31.8 Å². The number of hydrogen-bond acceptors (Lipinski definition) is 5. The molecule has 0 aliphatic carbocycles. The maximum Gasteiger partial charge on any atom is 0.246 e. The minimum Gasteiger partial charge on any atom is -0.350 e. The smallest absolute Gasteiger partial charge is 0.246 e. The Morgan fingerprint density at radius 1 is 1.14 bits per heavy atom. The van der Waals surface area contributed by atoms with E-state index in [0.717, 1.165) is 29.8 Å². The number of carbonyl (C=O) groups is 1. The van der Waals surface area contributed by atoms with E-state index in [1.54, 1.807) is 11.1 Å². The molecule has 0 spiro atoms. The van der Waals surface area contributed by atoms with Crippen molar-refractivity contribution >= 4 is 23.4 Å². The highest BCUT2D eigenvalue weighted by Gasteiger charge is 2.23. The van der Waals surface area contributed by atoms with Gasteiger partial charge in [0.15, 0.2) is 5.82 Å². The van der Waals surface area contributed by atoms with Crippen molar-refractivity contribution < 1.29 is 13.6 Å². The molecule has 2 aromatic heterocycles. The molecule has 1 aliphatic heterocycles. The first-order valence-electron chi connectivity index (χ1n) is 8.86. The van der Waals surface area contributed by atoms with Crippen LogP contribution in [0.2, 0.25) is 0 Å². The number of aryl methyl sites for hydroxylation is 1. The Kier molecular flexibility index (Phi) is 4.72. The van der Waals surface area contributed by atoms with Crippen LogP contribution in [0.1, 0.15) is 11.4 Å². The number of nitrogens with zero attached hydrogens (tertiary/aromatic N) is 6. The summed E-state index contributed by atoms with van der Waals surface area (Å²) in [4.78, 5) is 20.5. The van der Waals surface area contributed by atoms with Gasteiger partial charge in [0, 0.05) is 50.2 Å². The first-order valence-corrected chi connectivity index (χ1v) is 8.86. The largest absolute Gasteiger partial charge is 0.350 e.